The maximum atomic E-state index is 8.64. The first-order chi connectivity index (χ1) is 6.69. The topological polar surface area (TPSA) is 75.8 Å². The molecule has 14 heavy (non-hydrogen) atoms. The van der Waals surface area contributed by atoms with Crippen LogP contribution in [0.2, 0.25) is 0 Å². The van der Waals surface area contributed by atoms with Gasteiger partial charge in [-0.1, -0.05) is 12.1 Å². The summed E-state index contributed by atoms with van der Waals surface area (Å²) in [6.07, 6.45) is 2.43. The lowest BCUT2D eigenvalue weighted by atomic mass is 10.0. The molecule has 0 bridgehead atoms. The van der Waals surface area contributed by atoms with Gasteiger partial charge in [0, 0.05) is 11.7 Å². The molecule has 3 heteroatoms. The fourth-order valence-corrected chi connectivity index (χ4v) is 1.29. The van der Waals surface area contributed by atoms with Gasteiger partial charge in [-0.2, -0.15) is 5.26 Å². The molecule has 1 atom stereocenters. The van der Waals surface area contributed by atoms with Gasteiger partial charge >= 0.3 is 0 Å². The summed E-state index contributed by atoms with van der Waals surface area (Å²) in [5.41, 5.74) is 13.6. The molecule has 0 radical (unpaired) electrons. The van der Waals surface area contributed by atoms with Crippen molar-refractivity contribution in [3.05, 3.63) is 42.0 Å². The quantitative estimate of drug-likeness (QED) is 0.558. The molecule has 0 aliphatic heterocycles. The van der Waals surface area contributed by atoms with E-state index >= 15 is 0 Å². The standard InChI is InChI=1S/C11H13N3/c1-2-3-10(13)9-5-4-8(7-12)6-11(9)14/h2,4-6,10H,1,3,13-14H2. The first-order valence-corrected chi connectivity index (χ1v) is 4.35. The maximum absolute atomic E-state index is 8.64. The molecule has 4 N–H and O–H groups in total. The van der Waals surface area contributed by atoms with Gasteiger partial charge in [-0.3, -0.25) is 0 Å². The number of benzene rings is 1. The Morgan fingerprint density at radius 1 is 1.57 bits per heavy atom. The van der Waals surface area contributed by atoms with Crippen molar-refractivity contribution in [2.45, 2.75) is 12.5 Å². The Kier molecular flexibility index (Phi) is 3.27. The highest BCUT2D eigenvalue weighted by atomic mass is 14.7. The van der Waals surface area contributed by atoms with E-state index in [1.54, 1.807) is 24.3 Å². The van der Waals surface area contributed by atoms with Crippen LogP contribution < -0.4 is 11.5 Å². The van der Waals surface area contributed by atoms with E-state index in [0.29, 0.717) is 17.7 Å². The molecule has 0 spiro atoms. The van der Waals surface area contributed by atoms with Crippen molar-refractivity contribution < 1.29 is 0 Å². The predicted molar refractivity (Wildman–Crippen MR) is 57.3 cm³/mol. The highest BCUT2D eigenvalue weighted by Crippen LogP contribution is 2.22. The molecule has 1 aromatic rings. The molecule has 1 unspecified atom stereocenters. The van der Waals surface area contributed by atoms with Crippen molar-refractivity contribution in [2.24, 2.45) is 5.73 Å². The van der Waals surface area contributed by atoms with Gasteiger partial charge in [-0.15, -0.1) is 6.58 Å². The molecule has 1 aromatic carbocycles. The minimum Gasteiger partial charge on any atom is -0.398 e. The summed E-state index contributed by atoms with van der Waals surface area (Å²) >= 11 is 0. The van der Waals surface area contributed by atoms with Gasteiger partial charge in [-0.25, -0.2) is 0 Å². The smallest absolute Gasteiger partial charge is 0.0992 e. The van der Waals surface area contributed by atoms with Gasteiger partial charge in [0.25, 0.3) is 0 Å². The van der Waals surface area contributed by atoms with E-state index in [-0.39, 0.29) is 6.04 Å². The van der Waals surface area contributed by atoms with Gasteiger partial charge in [0.15, 0.2) is 0 Å². The fourth-order valence-electron chi connectivity index (χ4n) is 1.29. The number of nitrogen functional groups attached to an aromatic ring is 1. The molecule has 0 heterocycles. The van der Waals surface area contributed by atoms with Crippen molar-refractivity contribution >= 4 is 5.69 Å². The average Bonchev–Trinajstić information content (AvgIpc) is 2.17. The van der Waals surface area contributed by atoms with Crippen LogP contribution in [-0.4, -0.2) is 0 Å². The number of nitrogens with two attached hydrogens (primary N) is 2. The molecule has 1 rings (SSSR count). The summed E-state index contributed by atoms with van der Waals surface area (Å²) in [4.78, 5) is 0. The van der Waals surface area contributed by atoms with Gasteiger partial charge in [0.1, 0.15) is 0 Å². The zero-order valence-corrected chi connectivity index (χ0v) is 7.90. The van der Waals surface area contributed by atoms with Crippen LogP contribution in [-0.2, 0) is 0 Å². The largest absolute Gasteiger partial charge is 0.398 e. The third-order valence-electron chi connectivity index (χ3n) is 2.04. The minimum absolute atomic E-state index is 0.139. The Bertz CT molecular complexity index is 377. The van der Waals surface area contributed by atoms with Gasteiger partial charge in [0.2, 0.25) is 0 Å². The summed E-state index contributed by atoms with van der Waals surface area (Å²) < 4.78 is 0. The Balaban J connectivity index is 3.00. The van der Waals surface area contributed by atoms with Crippen molar-refractivity contribution in [3.63, 3.8) is 0 Å². The summed E-state index contributed by atoms with van der Waals surface area (Å²) in [7, 11) is 0. The SMILES string of the molecule is C=CCC(N)c1ccc(C#N)cc1N. The van der Waals surface area contributed by atoms with E-state index < -0.39 is 0 Å². The minimum atomic E-state index is -0.139. The number of hydrogen-bond donors (Lipinski definition) is 2. The van der Waals surface area contributed by atoms with E-state index in [2.05, 4.69) is 6.58 Å². The van der Waals surface area contributed by atoms with Crippen LogP contribution in [0.1, 0.15) is 23.6 Å². The summed E-state index contributed by atoms with van der Waals surface area (Å²) in [5, 5.41) is 8.64. The van der Waals surface area contributed by atoms with Crippen LogP contribution in [0.3, 0.4) is 0 Å². The lowest BCUT2D eigenvalue weighted by molar-refractivity contribution is 0.744. The van der Waals surface area contributed by atoms with E-state index in [1.807, 2.05) is 6.07 Å². The summed E-state index contributed by atoms with van der Waals surface area (Å²) in [6, 6.07) is 7.03. The normalized spacial score (nSPS) is 11.7. The monoisotopic (exact) mass is 187 g/mol. The van der Waals surface area contributed by atoms with Crippen LogP contribution in [0.15, 0.2) is 30.9 Å². The highest BCUT2D eigenvalue weighted by Gasteiger charge is 2.07. The molecule has 0 aliphatic carbocycles. The van der Waals surface area contributed by atoms with Crippen LogP contribution in [0.25, 0.3) is 0 Å². The van der Waals surface area contributed by atoms with Crippen molar-refractivity contribution in [2.75, 3.05) is 5.73 Å². The zero-order chi connectivity index (χ0) is 10.6. The van der Waals surface area contributed by atoms with Crippen molar-refractivity contribution in [1.29, 1.82) is 5.26 Å². The number of anilines is 1. The van der Waals surface area contributed by atoms with Crippen LogP contribution in [0.4, 0.5) is 5.69 Å². The molecule has 0 fully saturated rings. The summed E-state index contributed by atoms with van der Waals surface area (Å²) in [6.45, 7) is 3.62. The average molecular weight is 187 g/mol. The van der Waals surface area contributed by atoms with E-state index in [9.17, 15) is 0 Å². The van der Waals surface area contributed by atoms with E-state index in [1.165, 1.54) is 0 Å². The molecule has 3 nitrogen and oxygen atoms in total. The van der Waals surface area contributed by atoms with Gasteiger partial charge < -0.3 is 11.5 Å². The highest BCUT2D eigenvalue weighted by molar-refractivity contribution is 5.53. The lowest BCUT2D eigenvalue weighted by Crippen LogP contribution is -2.11. The molecule has 72 valence electrons. The Morgan fingerprint density at radius 3 is 2.79 bits per heavy atom. The molecule has 0 aromatic heterocycles. The Morgan fingerprint density at radius 2 is 2.29 bits per heavy atom. The first kappa shape index (κ1) is 10.3. The van der Waals surface area contributed by atoms with Gasteiger partial charge in [-0.05, 0) is 24.1 Å². The summed E-state index contributed by atoms with van der Waals surface area (Å²) in [5.74, 6) is 0. The molecule has 0 amide bonds. The van der Waals surface area contributed by atoms with E-state index in [4.69, 9.17) is 16.7 Å². The lowest BCUT2D eigenvalue weighted by Gasteiger charge is -2.12. The van der Waals surface area contributed by atoms with Crippen LogP contribution in [0.5, 0.6) is 0 Å². The second-order valence-corrected chi connectivity index (χ2v) is 3.09. The number of rotatable bonds is 3. The number of nitrogens with zero attached hydrogens (tertiary/aromatic N) is 1. The molecule has 0 saturated heterocycles. The predicted octanol–water partition coefficient (Wildman–Crippen LogP) is 1.72. The van der Waals surface area contributed by atoms with Crippen molar-refractivity contribution in [1.82, 2.24) is 0 Å². The van der Waals surface area contributed by atoms with Crippen LogP contribution >= 0.6 is 0 Å². The zero-order valence-electron chi connectivity index (χ0n) is 7.90. The maximum Gasteiger partial charge on any atom is 0.0992 e. The molecular weight excluding hydrogens is 174 g/mol. The fraction of sp³-hybridized carbons (Fsp3) is 0.182. The first-order valence-electron chi connectivity index (χ1n) is 4.35. The third-order valence-corrected chi connectivity index (χ3v) is 2.04. The molecule has 0 aliphatic rings. The second kappa shape index (κ2) is 4.45. The Hall–Kier alpha value is -1.79. The Labute approximate surface area is 83.6 Å². The van der Waals surface area contributed by atoms with Gasteiger partial charge in [0.05, 0.1) is 11.6 Å². The van der Waals surface area contributed by atoms with Crippen LogP contribution in [0, 0.1) is 11.3 Å². The molecular formula is C11H13N3. The number of hydrogen-bond acceptors (Lipinski definition) is 3. The molecule has 0 saturated carbocycles. The second-order valence-electron chi connectivity index (χ2n) is 3.09. The van der Waals surface area contributed by atoms with Crippen molar-refractivity contribution in [3.8, 4) is 6.07 Å². The van der Waals surface area contributed by atoms with E-state index in [0.717, 1.165) is 5.56 Å². The third kappa shape index (κ3) is 2.12. The number of nitriles is 1.